The first-order chi connectivity index (χ1) is 20.8. The molecule has 4 rings (SSSR count). The van der Waals surface area contributed by atoms with Gasteiger partial charge >= 0.3 is 5.97 Å². The molecule has 0 aliphatic carbocycles. The van der Waals surface area contributed by atoms with Crippen LogP contribution in [0.2, 0.25) is 0 Å². The number of aliphatic imine (C=N–C) groups is 1. The molecule has 0 bridgehead atoms. The molecule has 0 aliphatic heterocycles. The van der Waals surface area contributed by atoms with Crippen LogP contribution < -0.4 is 10.1 Å². The fourth-order valence-corrected chi connectivity index (χ4v) is 5.15. The van der Waals surface area contributed by atoms with Gasteiger partial charge in [0.1, 0.15) is 18.2 Å². The second kappa shape index (κ2) is 15.1. The van der Waals surface area contributed by atoms with Gasteiger partial charge in [-0.1, -0.05) is 81.6 Å². The molecule has 0 radical (unpaired) electrons. The van der Waals surface area contributed by atoms with Crippen LogP contribution in [-0.4, -0.2) is 23.3 Å². The first kappa shape index (κ1) is 31.5. The average Bonchev–Trinajstić information content (AvgIpc) is 3.00. The van der Waals surface area contributed by atoms with E-state index in [2.05, 4.69) is 73.5 Å². The Labute approximate surface area is 254 Å². The van der Waals surface area contributed by atoms with Crippen LogP contribution in [0.15, 0.2) is 83.9 Å². The van der Waals surface area contributed by atoms with Crippen molar-refractivity contribution in [2.75, 3.05) is 5.32 Å². The first-order valence-electron chi connectivity index (χ1n) is 15.1. The van der Waals surface area contributed by atoms with Gasteiger partial charge in [-0.05, 0) is 78.8 Å². The minimum Gasteiger partial charge on any atom is -0.489 e. The van der Waals surface area contributed by atoms with Crippen LogP contribution >= 0.6 is 0 Å². The van der Waals surface area contributed by atoms with Gasteiger partial charge in [0.15, 0.2) is 0 Å². The number of aromatic carboxylic acids is 1. The van der Waals surface area contributed by atoms with E-state index in [9.17, 15) is 9.90 Å². The molecule has 0 saturated heterocycles. The Hall–Kier alpha value is -4.45. The van der Waals surface area contributed by atoms with Crippen molar-refractivity contribution in [3.05, 3.63) is 112 Å². The molecule has 5 nitrogen and oxygen atoms in total. The van der Waals surface area contributed by atoms with Crippen LogP contribution in [0.25, 0.3) is 11.1 Å². The Morgan fingerprint density at radius 2 is 1.70 bits per heavy atom. The molecule has 4 aromatic carbocycles. The number of carboxylic acid groups (broad SMARTS) is 1. The lowest BCUT2D eigenvalue weighted by Gasteiger charge is -2.20. The van der Waals surface area contributed by atoms with Gasteiger partial charge in [-0.3, -0.25) is 4.99 Å². The minimum atomic E-state index is -1.04. The molecule has 43 heavy (non-hydrogen) atoms. The van der Waals surface area contributed by atoms with E-state index in [0.29, 0.717) is 18.0 Å². The van der Waals surface area contributed by atoms with Crippen LogP contribution in [0.3, 0.4) is 0 Å². The number of aryl methyl sites for hydroxylation is 2. The number of rotatable bonds is 14. The van der Waals surface area contributed by atoms with Crippen molar-refractivity contribution in [1.29, 1.82) is 0 Å². The van der Waals surface area contributed by atoms with Gasteiger partial charge in [-0.2, -0.15) is 0 Å². The molecule has 0 aliphatic rings. The lowest BCUT2D eigenvalue weighted by atomic mass is 9.97. The molecule has 4 aromatic rings. The Morgan fingerprint density at radius 1 is 0.953 bits per heavy atom. The maximum Gasteiger partial charge on any atom is 0.335 e. The lowest BCUT2D eigenvalue weighted by molar-refractivity contribution is 0.0697. The predicted octanol–water partition coefficient (Wildman–Crippen LogP) is 9.77. The number of benzene rings is 4. The highest BCUT2D eigenvalue weighted by molar-refractivity contribution is 5.92. The van der Waals surface area contributed by atoms with E-state index >= 15 is 4.39 Å². The van der Waals surface area contributed by atoms with Crippen molar-refractivity contribution in [3.63, 3.8) is 0 Å². The third kappa shape index (κ3) is 8.54. The molecule has 0 spiro atoms. The van der Waals surface area contributed by atoms with Crippen LogP contribution in [-0.2, 0) is 13.0 Å². The fourth-order valence-electron chi connectivity index (χ4n) is 5.15. The number of carboxylic acids is 1. The summed E-state index contributed by atoms with van der Waals surface area (Å²) in [6.07, 6.45) is 6.45. The SMILES string of the molecule is CCCC(CCC)Nc1ccc(C(=O)O)cc1N=Cc1ccc(OCc2cc(C)ccc2-c2ccc(CC)cc2)cc1F. The van der Waals surface area contributed by atoms with Crippen LogP contribution in [0.1, 0.15) is 79.1 Å². The summed E-state index contributed by atoms with van der Waals surface area (Å²) in [6, 6.07) is 24.6. The Kier molecular flexibility index (Phi) is 11.1. The summed E-state index contributed by atoms with van der Waals surface area (Å²) < 4.78 is 21.2. The van der Waals surface area contributed by atoms with Gasteiger partial charge in [0, 0.05) is 23.9 Å². The summed E-state index contributed by atoms with van der Waals surface area (Å²) in [5.74, 6) is -1.09. The molecule has 224 valence electrons. The summed E-state index contributed by atoms with van der Waals surface area (Å²) in [4.78, 5) is 16.1. The molecule has 0 fully saturated rings. The molecular weight excluding hydrogens is 539 g/mol. The normalized spacial score (nSPS) is 11.3. The molecule has 0 aromatic heterocycles. The number of carbonyl (C=O) groups is 1. The van der Waals surface area contributed by atoms with E-state index < -0.39 is 11.8 Å². The number of ether oxygens (including phenoxy) is 1. The van der Waals surface area contributed by atoms with Gasteiger partial charge < -0.3 is 15.2 Å². The van der Waals surface area contributed by atoms with Crippen molar-refractivity contribution in [2.24, 2.45) is 4.99 Å². The van der Waals surface area contributed by atoms with Gasteiger partial charge in [-0.15, -0.1) is 0 Å². The largest absolute Gasteiger partial charge is 0.489 e. The highest BCUT2D eigenvalue weighted by Gasteiger charge is 2.13. The Balaban J connectivity index is 1.53. The zero-order chi connectivity index (χ0) is 30.8. The number of anilines is 1. The fraction of sp³-hybridized carbons (Fsp3) is 0.297. The molecule has 2 N–H and O–H groups in total. The summed E-state index contributed by atoms with van der Waals surface area (Å²) in [6.45, 7) is 8.75. The van der Waals surface area contributed by atoms with Crippen molar-refractivity contribution >= 4 is 23.6 Å². The van der Waals surface area contributed by atoms with E-state index in [1.807, 2.05) is 6.92 Å². The lowest BCUT2D eigenvalue weighted by Crippen LogP contribution is -2.19. The maximum atomic E-state index is 15.2. The molecular formula is C37H41FN2O3. The minimum absolute atomic E-state index is 0.126. The Morgan fingerprint density at radius 3 is 2.35 bits per heavy atom. The highest BCUT2D eigenvalue weighted by Crippen LogP contribution is 2.30. The van der Waals surface area contributed by atoms with Crippen molar-refractivity contribution in [3.8, 4) is 16.9 Å². The van der Waals surface area contributed by atoms with E-state index in [4.69, 9.17) is 4.74 Å². The second-order valence-corrected chi connectivity index (χ2v) is 10.9. The van der Waals surface area contributed by atoms with Crippen LogP contribution in [0.4, 0.5) is 15.8 Å². The zero-order valence-corrected chi connectivity index (χ0v) is 25.5. The third-order valence-corrected chi connectivity index (χ3v) is 7.52. The molecule has 6 heteroatoms. The van der Waals surface area contributed by atoms with E-state index in [0.717, 1.165) is 60.0 Å². The number of nitrogens with one attached hydrogen (secondary N) is 1. The third-order valence-electron chi connectivity index (χ3n) is 7.52. The first-order valence-corrected chi connectivity index (χ1v) is 15.1. The van der Waals surface area contributed by atoms with Gasteiger partial charge in [0.05, 0.1) is 16.9 Å². The van der Waals surface area contributed by atoms with Gasteiger partial charge in [0.25, 0.3) is 0 Å². The van der Waals surface area contributed by atoms with E-state index in [-0.39, 0.29) is 17.2 Å². The van der Waals surface area contributed by atoms with Crippen molar-refractivity contribution in [1.82, 2.24) is 0 Å². The highest BCUT2D eigenvalue weighted by atomic mass is 19.1. The van der Waals surface area contributed by atoms with E-state index in [1.165, 1.54) is 23.9 Å². The van der Waals surface area contributed by atoms with Crippen molar-refractivity contribution < 1.29 is 19.0 Å². The summed E-state index contributed by atoms with van der Waals surface area (Å²) in [5, 5.41) is 13.0. The summed E-state index contributed by atoms with van der Waals surface area (Å²) in [7, 11) is 0. The van der Waals surface area contributed by atoms with Crippen LogP contribution in [0, 0.1) is 12.7 Å². The standard InChI is InChI=1S/C37H41FN2O3/c1-5-8-31(9-6-2)40-35-19-16-28(37(41)42)21-36(35)39-23-29-15-17-32(22-34(29)38)43-24-30-20-25(4)10-18-33(30)27-13-11-26(7-3)12-14-27/h10-23,31,40H,5-9,24H2,1-4H3,(H,41,42). The molecule has 0 heterocycles. The topological polar surface area (TPSA) is 70.9 Å². The Bertz CT molecular complexity index is 1560. The number of hydrogen-bond acceptors (Lipinski definition) is 4. The van der Waals surface area contributed by atoms with Gasteiger partial charge in [-0.25, -0.2) is 9.18 Å². The molecule has 0 amide bonds. The van der Waals surface area contributed by atoms with Crippen molar-refractivity contribution in [2.45, 2.75) is 72.4 Å². The smallest absolute Gasteiger partial charge is 0.335 e. The molecule has 0 unspecified atom stereocenters. The summed E-state index contributed by atoms with van der Waals surface area (Å²) >= 11 is 0. The van der Waals surface area contributed by atoms with Crippen LogP contribution in [0.5, 0.6) is 5.75 Å². The number of nitrogens with zero attached hydrogens (tertiary/aromatic N) is 1. The maximum absolute atomic E-state index is 15.2. The molecule has 0 saturated carbocycles. The summed E-state index contributed by atoms with van der Waals surface area (Å²) in [5.41, 5.74) is 7.23. The quantitative estimate of drug-likeness (QED) is 0.146. The van der Waals surface area contributed by atoms with E-state index in [1.54, 1.807) is 24.3 Å². The van der Waals surface area contributed by atoms with Gasteiger partial charge in [0.2, 0.25) is 0 Å². The monoisotopic (exact) mass is 580 g/mol. The predicted molar refractivity (Wildman–Crippen MR) is 175 cm³/mol. The average molecular weight is 581 g/mol. The zero-order valence-electron chi connectivity index (χ0n) is 25.5. The molecule has 0 atom stereocenters. The number of halogens is 1. The second-order valence-electron chi connectivity index (χ2n) is 10.9. The number of hydrogen-bond donors (Lipinski definition) is 2.